The summed E-state index contributed by atoms with van der Waals surface area (Å²) in [5.41, 5.74) is 5.84. The monoisotopic (exact) mass is 586 g/mol. The van der Waals surface area contributed by atoms with E-state index in [0.717, 1.165) is 44.2 Å². The van der Waals surface area contributed by atoms with E-state index in [1.807, 2.05) is 60.7 Å². The fraction of sp³-hybridized carbons (Fsp3) is 0. The summed E-state index contributed by atoms with van der Waals surface area (Å²) in [6.45, 7) is 0. The average Bonchev–Trinajstić information content (AvgIpc) is 3.15. The lowest BCUT2D eigenvalue weighted by Gasteiger charge is -2.15. The van der Waals surface area contributed by atoms with E-state index in [1.54, 1.807) is 0 Å². The Balaban J connectivity index is 1.23. The van der Waals surface area contributed by atoms with Crippen molar-refractivity contribution in [2.75, 3.05) is 0 Å². The van der Waals surface area contributed by atoms with Crippen LogP contribution in [0.25, 0.3) is 88.6 Å². The Morgan fingerprint density at radius 2 is 0.630 bits per heavy atom. The van der Waals surface area contributed by atoms with Gasteiger partial charge in [-0.25, -0.2) is 19.9 Å². The lowest BCUT2D eigenvalue weighted by atomic mass is 9.92. The Hall–Kier alpha value is -6.26. The molecular weight excluding hydrogens is 560 g/mol. The van der Waals surface area contributed by atoms with Crippen LogP contribution < -0.4 is 0 Å². The van der Waals surface area contributed by atoms with Gasteiger partial charge in [0.15, 0.2) is 17.5 Å². The van der Waals surface area contributed by atoms with Crippen LogP contribution in [-0.4, -0.2) is 19.9 Å². The highest BCUT2D eigenvalue weighted by atomic mass is 15.0. The molecule has 46 heavy (non-hydrogen) atoms. The van der Waals surface area contributed by atoms with Crippen molar-refractivity contribution in [3.05, 3.63) is 158 Å². The number of hydrogen-bond donors (Lipinski definition) is 0. The molecule has 0 fully saturated rings. The van der Waals surface area contributed by atoms with Crippen LogP contribution >= 0.6 is 0 Å². The van der Waals surface area contributed by atoms with Crippen LogP contribution in [0.5, 0.6) is 0 Å². The van der Waals surface area contributed by atoms with Crippen LogP contribution in [0.15, 0.2) is 158 Å². The maximum absolute atomic E-state index is 5.42. The predicted octanol–water partition coefficient (Wildman–Crippen LogP) is 10.5. The van der Waals surface area contributed by atoms with Gasteiger partial charge in [-0.1, -0.05) is 158 Å². The number of aromatic nitrogens is 4. The normalized spacial score (nSPS) is 11.5. The summed E-state index contributed by atoms with van der Waals surface area (Å²) in [7, 11) is 0. The van der Waals surface area contributed by atoms with E-state index in [2.05, 4.69) is 97.1 Å². The third kappa shape index (κ3) is 4.31. The highest BCUT2D eigenvalue weighted by Gasteiger charge is 2.17. The Morgan fingerprint density at radius 1 is 0.261 bits per heavy atom. The average molecular weight is 587 g/mol. The molecule has 0 aliphatic heterocycles. The Kier molecular flexibility index (Phi) is 6.10. The molecular formula is C42H26N4. The minimum atomic E-state index is 0.632. The van der Waals surface area contributed by atoms with Gasteiger partial charge in [-0.2, -0.15) is 0 Å². The number of pyridine rings is 1. The first-order valence-electron chi connectivity index (χ1n) is 15.4. The van der Waals surface area contributed by atoms with Gasteiger partial charge in [0.1, 0.15) is 0 Å². The van der Waals surface area contributed by atoms with Gasteiger partial charge < -0.3 is 0 Å². The topological polar surface area (TPSA) is 51.6 Å². The van der Waals surface area contributed by atoms with E-state index in [1.165, 1.54) is 26.9 Å². The van der Waals surface area contributed by atoms with E-state index in [9.17, 15) is 0 Å². The molecule has 0 radical (unpaired) electrons. The van der Waals surface area contributed by atoms with Gasteiger partial charge in [0.05, 0.1) is 11.2 Å². The Morgan fingerprint density at radius 3 is 1.17 bits per heavy atom. The van der Waals surface area contributed by atoms with Crippen LogP contribution in [0.4, 0.5) is 0 Å². The van der Waals surface area contributed by atoms with E-state index in [-0.39, 0.29) is 0 Å². The van der Waals surface area contributed by atoms with Crippen LogP contribution in [0.3, 0.4) is 0 Å². The van der Waals surface area contributed by atoms with Crippen molar-refractivity contribution in [2.24, 2.45) is 0 Å². The third-order valence-corrected chi connectivity index (χ3v) is 8.70. The van der Waals surface area contributed by atoms with Crippen LogP contribution in [0, 0.1) is 0 Å². The van der Waals surface area contributed by atoms with E-state index >= 15 is 0 Å². The summed E-state index contributed by atoms with van der Waals surface area (Å²) in [4.78, 5) is 20.1. The number of rotatable bonds is 4. The minimum Gasteiger partial charge on any atom is -0.246 e. The number of fused-ring (bicyclic) bond motifs is 8. The fourth-order valence-electron chi connectivity index (χ4n) is 6.53. The molecule has 0 saturated heterocycles. The van der Waals surface area contributed by atoms with Gasteiger partial charge in [0.25, 0.3) is 0 Å². The zero-order chi connectivity index (χ0) is 30.5. The lowest BCUT2D eigenvalue weighted by molar-refractivity contribution is 1.07. The second kappa shape index (κ2) is 10.7. The lowest BCUT2D eigenvalue weighted by Crippen LogP contribution is -2.00. The largest absolute Gasteiger partial charge is 0.246 e. The Labute approximate surface area is 265 Å². The highest BCUT2D eigenvalue weighted by molar-refractivity contribution is 6.31. The summed E-state index contributed by atoms with van der Waals surface area (Å²) in [6, 6.07) is 54.4. The first-order valence-corrected chi connectivity index (χ1v) is 15.4. The zero-order valence-corrected chi connectivity index (χ0v) is 24.8. The van der Waals surface area contributed by atoms with Crippen LogP contribution in [0.1, 0.15) is 0 Å². The van der Waals surface area contributed by atoms with Gasteiger partial charge >= 0.3 is 0 Å². The molecule has 4 nitrogen and oxygen atoms in total. The standard InChI is InChI=1S/C42H26N4/c1-3-13-28(14-4-1)40-44-41(29-15-5-2-6-16-29)46-42(45-40)30-25-23-27(24-26-30)38-36-22-12-10-20-34(36)37-33-19-9-7-17-31(33)32-18-8-11-21-35(32)39(37)43-38/h1-26H. The van der Waals surface area contributed by atoms with Crippen molar-refractivity contribution in [3.8, 4) is 45.4 Å². The molecule has 4 heteroatoms. The smallest absolute Gasteiger partial charge is 0.164 e. The van der Waals surface area contributed by atoms with Crippen LogP contribution in [0.2, 0.25) is 0 Å². The SMILES string of the molecule is c1ccc(-c2nc(-c3ccccc3)nc(-c3ccc(-c4nc5c6ccccc6c6ccccc6c5c5ccccc45)cc3)n2)cc1. The summed E-state index contributed by atoms with van der Waals surface area (Å²) in [5, 5.41) is 8.36. The van der Waals surface area contributed by atoms with Gasteiger partial charge in [0, 0.05) is 38.4 Å². The number of benzene rings is 7. The molecule has 0 atom stereocenters. The molecule has 2 aromatic heterocycles. The van der Waals surface area contributed by atoms with Gasteiger partial charge in [0.2, 0.25) is 0 Å². The van der Waals surface area contributed by atoms with E-state index in [0.29, 0.717) is 17.5 Å². The van der Waals surface area contributed by atoms with Crippen molar-refractivity contribution in [1.29, 1.82) is 0 Å². The van der Waals surface area contributed by atoms with Gasteiger partial charge in [-0.05, 0) is 21.5 Å². The summed E-state index contributed by atoms with van der Waals surface area (Å²) in [6.07, 6.45) is 0. The fourth-order valence-corrected chi connectivity index (χ4v) is 6.53. The second-order valence-corrected chi connectivity index (χ2v) is 11.4. The molecule has 0 saturated carbocycles. The van der Waals surface area contributed by atoms with Gasteiger partial charge in [-0.15, -0.1) is 0 Å². The summed E-state index contributed by atoms with van der Waals surface area (Å²) < 4.78 is 0. The maximum atomic E-state index is 5.42. The molecule has 214 valence electrons. The van der Waals surface area contributed by atoms with Crippen molar-refractivity contribution in [1.82, 2.24) is 19.9 Å². The van der Waals surface area contributed by atoms with E-state index < -0.39 is 0 Å². The number of hydrogen-bond acceptors (Lipinski definition) is 4. The van der Waals surface area contributed by atoms with Crippen molar-refractivity contribution >= 4 is 43.2 Å². The molecule has 0 spiro atoms. The molecule has 2 heterocycles. The minimum absolute atomic E-state index is 0.632. The molecule has 0 bridgehead atoms. The first-order chi connectivity index (χ1) is 22.8. The highest BCUT2D eigenvalue weighted by Crippen LogP contribution is 2.41. The van der Waals surface area contributed by atoms with Crippen molar-refractivity contribution < 1.29 is 0 Å². The first kappa shape index (κ1) is 26.2. The van der Waals surface area contributed by atoms with Crippen molar-refractivity contribution in [3.63, 3.8) is 0 Å². The number of nitrogens with zero attached hydrogens (tertiary/aromatic N) is 4. The molecule has 9 rings (SSSR count). The maximum Gasteiger partial charge on any atom is 0.164 e. The van der Waals surface area contributed by atoms with Gasteiger partial charge in [-0.3, -0.25) is 0 Å². The molecule has 7 aromatic carbocycles. The molecule has 0 unspecified atom stereocenters. The van der Waals surface area contributed by atoms with Crippen molar-refractivity contribution in [2.45, 2.75) is 0 Å². The molecule has 9 aromatic rings. The summed E-state index contributed by atoms with van der Waals surface area (Å²) >= 11 is 0. The van der Waals surface area contributed by atoms with E-state index in [4.69, 9.17) is 19.9 Å². The quantitative estimate of drug-likeness (QED) is 0.193. The predicted molar refractivity (Wildman–Crippen MR) is 189 cm³/mol. The summed E-state index contributed by atoms with van der Waals surface area (Å²) in [5.74, 6) is 1.93. The molecule has 0 N–H and O–H groups in total. The Bertz CT molecular complexity index is 2500. The zero-order valence-electron chi connectivity index (χ0n) is 24.8. The molecule has 0 aliphatic rings. The second-order valence-electron chi connectivity index (χ2n) is 11.4. The third-order valence-electron chi connectivity index (χ3n) is 8.70. The molecule has 0 amide bonds. The van der Waals surface area contributed by atoms with Crippen LogP contribution in [-0.2, 0) is 0 Å². The molecule has 0 aliphatic carbocycles.